The van der Waals surface area contributed by atoms with Gasteiger partial charge in [-0.2, -0.15) is 0 Å². The Morgan fingerprint density at radius 1 is 1.15 bits per heavy atom. The monoisotopic (exact) mass is 246 g/mol. The molecule has 0 fully saturated rings. The molecule has 0 spiro atoms. The van der Waals surface area contributed by atoms with E-state index in [9.17, 15) is 0 Å². The Morgan fingerprint density at radius 2 is 1.77 bits per heavy atom. The normalized spacial score (nSPS) is 10.7. The molecule has 2 nitrogen and oxygen atoms in total. The third kappa shape index (κ3) is 3.92. The van der Waals surface area contributed by atoms with Crippen molar-refractivity contribution in [1.82, 2.24) is 0 Å². The van der Waals surface area contributed by atoms with E-state index in [1.54, 1.807) is 14.2 Å². The van der Waals surface area contributed by atoms with Crippen LogP contribution in [0.1, 0.15) is 0 Å². The van der Waals surface area contributed by atoms with Crippen LogP contribution in [0.3, 0.4) is 0 Å². The molecule has 0 aromatic heterocycles. The van der Waals surface area contributed by atoms with Gasteiger partial charge in [0, 0.05) is 0 Å². The summed E-state index contributed by atoms with van der Waals surface area (Å²) in [6, 6.07) is 10.4. The van der Waals surface area contributed by atoms with Crippen LogP contribution >= 0.6 is 0 Å². The van der Waals surface area contributed by atoms with Crippen LogP contribution < -0.4 is 4.46 Å². The van der Waals surface area contributed by atoms with E-state index in [2.05, 4.69) is 24.3 Å². The van der Waals surface area contributed by atoms with Gasteiger partial charge in [-0.3, -0.25) is 0 Å². The van der Waals surface area contributed by atoms with Crippen molar-refractivity contribution >= 4 is 19.4 Å². The van der Waals surface area contributed by atoms with Gasteiger partial charge in [0.05, 0.1) is 0 Å². The number of hydrogen-bond donors (Lipinski definition) is 0. The number of methoxy groups -OCH3 is 2. The molecule has 13 heavy (non-hydrogen) atoms. The fourth-order valence-corrected chi connectivity index (χ4v) is 2.91. The van der Waals surface area contributed by atoms with Gasteiger partial charge in [0.25, 0.3) is 0 Å². The molecule has 0 heterocycles. The van der Waals surface area contributed by atoms with Gasteiger partial charge in [-0.05, 0) is 0 Å². The van der Waals surface area contributed by atoms with E-state index in [-0.39, 0.29) is 6.29 Å². The van der Waals surface area contributed by atoms with Gasteiger partial charge >= 0.3 is 85.1 Å². The fraction of sp³-hybridized carbons (Fsp3) is 0.400. The summed E-state index contributed by atoms with van der Waals surface area (Å²) in [6.07, 6.45) is -0.0554. The van der Waals surface area contributed by atoms with E-state index < -0.39 is 0 Å². The van der Waals surface area contributed by atoms with E-state index in [0.717, 1.165) is 5.32 Å². The maximum atomic E-state index is 5.11. The fourth-order valence-electron chi connectivity index (χ4n) is 0.913. The Balaban J connectivity index is 2.34. The van der Waals surface area contributed by atoms with Gasteiger partial charge < -0.3 is 0 Å². The summed E-state index contributed by atoms with van der Waals surface area (Å²) in [5.41, 5.74) is 0. The average Bonchev–Trinajstić information content (AvgIpc) is 2.21. The standard InChI is InChI=1S/C10H14O2Se/c1-11-10(12-2)8-13-9-6-4-3-5-7-9/h3-7,10H,8H2,1-2H3. The summed E-state index contributed by atoms with van der Waals surface area (Å²) in [4.78, 5) is 0. The molecule has 1 rings (SSSR count). The molecular formula is C10H14O2Se. The van der Waals surface area contributed by atoms with E-state index in [1.165, 1.54) is 4.46 Å². The molecule has 1 aromatic carbocycles. The third-order valence-corrected chi connectivity index (χ3v) is 3.85. The van der Waals surface area contributed by atoms with Gasteiger partial charge in [-0.25, -0.2) is 0 Å². The first-order valence-corrected chi connectivity index (χ1v) is 6.17. The second kappa shape index (κ2) is 6.16. The third-order valence-electron chi connectivity index (χ3n) is 1.66. The summed E-state index contributed by atoms with van der Waals surface area (Å²) in [6.45, 7) is 0. The van der Waals surface area contributed by atoms with Crippen molar-refractivity contribution in [2.75, 3.05) is 14.2 Å². The van der Waals surface area contributed by atoms with Crippen molar-refractivity contribution in [2.45, 2.75) is 11.6 Å². The van der Waals surface area contributed by atoms with Crippen LogP contribution in [0.2, 0.25) is 5.32 Å². The van der Waals surface area contributed by atoms with Crippen molar-refractivity contribution in [2.24, 2.45) is 0 Å². The number of rotatable bonds is 5. The Labute approximate surface area is 85.4 Å². The number of ether oxygens (including phenoxy) is 2. The summed E-state index contributed by atoms with van der Waals surface area (Å²) in [5.74, 6) is 0. The van der Waals surface area contributed by atoms with E-state index >= 15 is 0 Å². The molecule has 0 aliphatic heterocycles. The Morgan fingerprint density at radius 3 is 2.31 bits per heavy atom. The van der Waals surface area contributed by atoms with Crippen LogP contribution in [0.4, 0.5) is 0 Å². The van der Waals surface area contributed by atoms with Gasteiger partial charge in [0.15, 0.2) is 0 Å². The second-order valence-electron chi connectivity index (χ2n) is 2.53. The van der Waals surface area contributed by atoms with E-state index in [0.29, 0.717) is 15.0 Å². The molecule has 0 saturated heterocycles. The Hall–Kier alpha value is -0.341. The zero-order valence-electron chi connectivity index (χ0n) is 7.90. The summed E-state index contributed by atoms with van der Waals surface area (Å²) >= 11 is 0.442. The van der Waals surface area contributed by atoms with Crippen molar-refractivity contribution in [1.29, 1.82) is 0 Å². The molecule has 1 aromatic rings. The molecule has 0 aliphatic carbocycles. The first-order chi connectivity index (χ1) is 6.36. The molecule has 0 saturated carbocycles. The number of hydrogen-bond acceptors (Lipinski definition) is 2. The van der Waals surface area contributed by atoms with E-state index in [1.807, 2.05) is 6.07 Å². The van der Waals surface area contributed by atoms with Gasteiger partial charge in [0.2, 0.25) is 0 Å². The first kappa shape index (κ1) is 10.7. The molecule has 0 N–H and O–H groups in total. The molecule has 3 heteroatoms. The zero-order chi connectivity index (χ0) is 9.52. The first-order valence-electron chi connectivity index (χ1n) is 4.10. The predicted molar refractivity (Wildman–Crippen MR) is 54.4 cm³/mol. The topological polar surface area (TPSA) is 18.5 Å². The van der Waals surface area contributed by atoms with Crippen molar-refractivity contribution in [3.8, 4) is 0 Å². The summed E-state index contributed by atoms with van der Waals surface area (Å²) in [7, 11) is 3.35. The Bertz CT molecular complexity index is 222. The van der Waals surface area contributed by atoms with Crippen molar-refractivity contribution in [3.05, 3.63) is 30.3 Å². The van der Waals surface area contributed by atoms with Gasteiger partial charge in [-0.1, -0.05) is 0 Å². The summed E-state index contributed by atoms with van der Waals surface area (Å²) in [5, 5.41) is 0.962. The van der Waals surface area contributed by atoms with Crippen LogP contribution in [-0.2, 0) is 9.47 Å². The predicted octanol–water partition coefficient (Wildman–Crippen LogP) is 1.05. The second-order valence-corrected chi connectivity index (χ2v) is 4.82. The maximum absolute atomic E-state index is 5.11. The zero-order valence-corrected chi connectivity index (χ0v) is 9.61. The van der Waals surface area contributed by atoms with Crippen molar-refractivity contribution < 1.29 is 9.47 Å². The summed E-state index contributed by atoms with van der Waals surface area (Å²) < 4.78 is 11.6. The Kier molecular flexibility index (Phi) is 5.09. The van der Waals surface area contributed by atoms with E-state index in [4.69, 9.17) is 9.47 Å². The molecule has 0 radical (unpaired) electrons. The van der Waals surface area contributed by atoms with Crippen LogP contribution in [0.15, 0.2) is 30.3 Å². The molecule has 0 amide bonds. The van der Waals surface area contributed by atoms with Crippen LogP contribution in [0.25, 0.3) is 0 Å². The molecule has 0 bridgehead atoms. The molecule has 0 atom stereocenters. The van der Waals surface area contributed by atoms with Gasteiger partial charge in [0.1, 0.15) is 0 Å². The minimum atomic E-state index is -0.0554. The van der Waals surface area contributed by atoms with Crippen LogP contribution in [0.5, 0.6) is 0 Å². The number of benzene rings is 1. The molecule has 0 unspecified atom stereocenters. The van der Waals surface area contributed by atoms with Crippen molar-refractivity contribution in [3.63, 3.8) is 0 Å². The average molecular weight is 245 g/mol. The molecule has 72 valence electrons. The quantitative estimate of drug-likeness (QED) is 0.570. The molecule has 0 aliphatic rings. The minimum absolute atomic E-state index is 0.0554. The SMILES string of the molecule is COC(C[Se]c1ccccc1)OC. The van der Waals surface area contributed by atoms with Gasteiger partial charge in [-0.15, -0.1) is 0 Å². The molecular weight excluding hydrogens is 231 g/mol. The van der Waals surface area contributed by atoms with Crippen LogP contribution in [-0.4, -0.2) is 35.5 Å². The van der Waals surface area contributed by atoms with Crippen LogP contribution in [0, 0.1) is 0 Å².